The summed E-state index contributed by atoms with van der Waals surface area (Å²) in [6.45, 7) is 1.72. The van der Waals surface area contributed by atoms with Crippen molar-refractivity contribution in [1.29, 1.82) is 0 Å². The zero-order valence-electron chi connectivity index (χ0n) is 6.70. The molecule has 1 unspecified atom stereocenters. The number of amides is 1. The molecule has 4 nitrogen and oxygen atoms in total. The van der Waals surface area contributed by atoms with Crippen LogP contribution in [0.1, 0.15) is 6.92 Å². The summed E-state index contributed by atoms with van der Waals surface area (Å²) in [5, 5.41) is -1.39. The molecule has 0 aliphatic carbocycles. The minimum Gasteiger partial charge on any atom is -0.295 e. The summed E-state index contributed by atoms with van der Waals surface area (Å²) in [6.07, 6.45) is 2.66. The van der Waals surface area contributed by atoms with E-state index in [1.54, 1.807) is 6.92 Å². The topological polar surface area (TPSA) is 49.7 Å². The molecule has 0 spiro atoms. The van der Waals surface area contributed by atoms with E-state index in [0.29, 0.717) is 0 Å². The van der Waals surface area contributed by atoms with Gasteiger partial charge in [-0.15, -0.1) is 0 Å². The monoisotopic (exact) mass is 220 g/mol. The fraction of sp³-hybridized carbons (Fsp3) is 0.286. The number of nitrogens with zero attached hydrogens (tertiary/aromatic N) is 2. The highest BCUT2D eigenvalue weighted by Crippen LogP contribution is 2.14. The van der Waals surface area contributed by atoms with Crippen LogP contribution in [0.5, 0.6) is 0 Å². The van der Waals surface area contributed by atoms with Crippen molar-refractivity contribution in [3.63, 3.8) is 0 Å². The van der Waals surface area contributed by atoms with E-state index in [4.69, 9.17) is 23.2 Å². The number of aliphatic imine (C=N–C) groups is 1. The Morgan fingerprint density at radius 1 is 1.54 bits per heavy atom. The lowest BCUT2D eigenvalue weighted by Gasteiger charge is -2.23. The maximum absolute atomic E-state index is 10.8. The second kappa shape index (κ2) is 3.89. The molecular formula is C7H6Cl2N2O2. The van der Waals surface area contributed by atoms with Crippen molar-refractivity contribution in [1.82, 2.24) is 4.90 Å². The minimum absolute atomic E-state index is 0.00812. The lowest BCUT2D eigenvalue weighted by Crippen LogP contribution is -2.34. The average molecular weight is 221 g/mol. The lowest BCUT2D eigenvalue weighted by molar-refractivity contribution is -0.108. The average Bonchev–Trinajstić information content (AvgIpc) is 2.04. The number of carbonyl (C=O) groups excluding carboxylic acids is 2. The highest BCUT2D eigenvalue weighted by Gasteiger charge is 2.20. The molecule has 0 saturated carbocycles. The SMILES string of the molecule is CC1C=NC(C(=O)Cl)=CN1C(=O)Cl. The van der Waals surface area contributed by atoms with Crippen molar-refractivity contribution in [2.75, 3.05) is 0 Å². The standard InChI is InChI=1S/C7H6Cl2N2O2/c1-4-2-10-5(6(8)12)3-11(4)7(9)13/h2-4H,1H3. The number of allylic oxidation sites excluding steroid dienone is 1. The molecule has 0 aromatic heterocycles. The van der Waals surface area contributed by atoms with Gasteiger partial charge in [0, 0.05) is 12.4 Å². The number of carbonyl (C=O) groups is 2. The van der Waals surface area contributed by atoms with Gasteiger partial charge in [-0.1, -0.05) is 0 Å². The fourth-order valence-corrected chi connectivity index (χ4v) is 1.16. The molecule has 1 atom stereocenters. The van der Waals surface area contributed by atoms with Gasteiger partial charge in [0.15, 0.2) is 0 Å². The summed E-state index contributed by atoms with van der Waals surface area (Å²) in [7, 11) is 0. The Kier molecular flexibility index (Phi) is 3.06. The second-order valence-corrected chi connectivity index (χ2v) is 3.13. The molecule has 70 valence electrons. The van der Waals surface area contributed by atoms with Crippen molar-refractivity contribution in [2.45, 2.75) is 13.0 Å². The first-order valence-corrected chi connectivity index (χ1v) is 4.21. The molecule has 0 radical (unpaired) electrons. The third-order valence-corrected chi connectivity index (χ3v) is 1.92. The van der Waals surface area contributed by atoms with Crippen LogP contribution in [0, 0.1) is 0 Å². The largest absolute Gasteiger partial charge is 0.321 e. The van der Waals surface area contributed by atoms with Gasteiger partial charge in [0.2, 0.25) is 0 Å². The Morgan fingerprint density at radius 3 is 2.62 bits per heavy atom. The van der Waals surface area contributed by atoms with E-state index in [1.165, 1.54) is 17.3 Å². The zero-order valence-corrected chi connectivity index (χ0v) is 8.21. The van der Waals surface area contributed by atoms with E-state index in [-0.39, 0.29) is 11.7 Å². The predicted octanol–water partition coefficient (Wildman–Crippen LogP) is 1.73. The molecule has 0 N–H and O–H groups in total. The van der Waals surface area contributed by atoms with Crippen molar-refractivity contribution < 1.29 is 9.59 Å². The first kappa shape index (κ1) is 10.2. The second-order valence-electron chi connectivity index (χ2n) is 2.47. The summed E-state index contributed by atoms with van der Waals surface area (Å²) >= 11 is 10.4. The molecule has 1 heterocycles. The molecule has 1 amide bonds. The molecule has 0 bridgehead atoms. The van der Waals surface area contributed by atoms with E-state index < -0.39 is 10.6 Å². The smallest absolute Gasteiger partial charge is 0.295 e. The van der Waals surface area contributed by atoms with Gasteiger partial charge in [0.05, 0.1) is 6.04 Å². The summed E-state index contributed by atoms with van der Waals surface area (Å²) in [5.74, 6) is 0. The van der Waals surface area contributed by atoms with Crippen molar-refractivity contribution >= 4 is 40.0 Å². The van der Waals surface area contributed by atoms with E-state index in [0.717, 1.165) is 0 Å². The summed E-state index contributed by atoms with van der Waals surface area (Å²) in [4.78, 5) is 26.4. The Morgan fingerprint density at radius 2 is 2.15 bits per heavy atom. The van der Waals surface area contributed by atoms with Gasteiger partial charge in [0.1, 0.15) is 5.70 Å². The van der Waals surface area contributed by atoms with Crippen LogP contribution in [0.25, 0.3) is 0 Å². The van der Waals surface area contributed by atoms with Gasteiger partial charge in [-0.3, -0.25) is 19.5 Å². The fourth-order valence-electron chi connectivity index (χ4n) is 0.855. The maximum Gasteiger partial charge on any atom is 0.321 e. The third kappa shape index (κ3) is 2.29. The van der Waals surface area contributed by atoms with Crippen LogP contribution in [-0.4, -0.2) is 27.8 Å². The minimum atomic E-state index is -0.717. The normalized spacial score (nSPS) is 21.3. The molecule has 0 fully saturated rings. The Bertz CT molecular complexity index is 312. The van der Waals surface area contributed by atoms with Crippen LogP contribution in [0.4, 0.5) is 4.79 Å². The zero-order chi connectivity index (χ0) is 10.0. The highest BCUT2D eigenvalue weighted by atomic mass is 35.5. The maximum atomic E-state index is 10.8. The number of hydrogen-bond donors (Lipinski definition) is 0. The molecule has 1 aliphatic heterocycles. The number of halogens is 2. The van der Waals surface area contributed by atoms with Gasteiger partial charge in [-0.2, -0.15) is 0 Å². The van der Waals surface area contributed by atoms with Crippen LogP contribution in [0.15, 0.2) is 16.9 Å². The molecule has 0 saturated heterocycles. The quantitative estimate of drug-likeness (QED) is 0.500. The van der Waals surface area contributed by atoms with Crippen molar-refractivity contribution in [2.24, 2.45) is 4.99 Å². The first-order valence-electron chi connectivity index (χ1n) is 3.46. The van der Waals surface area contributed by atoms with Crippen molar-refractivity contribution in [3.8, 4) is 0 Å². The van der Waals surface area contributed by atoms with Gasteiger partial charge in [-0.25, -0.2) is 0 Å². The van der Waals surface area contributed by atoms with Gasteiger partial charge in [0.25, 0.3) is 5.24 Å². The van der Waals surface area contributed by atoms with Gasteiger partial charge >= 0.3 is 5.37 Å². The summed E-state index contributed by atoms with van der Waals surface area (Å²) in [5.41, 5.74) is 0.00812. The molecule has 6 heteroatoms. The van der Waals surface area contributed by atoms with E-state index in [2.05, 4.69) is 4.99 Å². The molecule has 1 rings (SSSR count). The molecule has 13 heavy (non-hydrogen) atoms. The van der Waals surface area contributed by atoms with Crippen LogP contribution in [0.3, 0.4) is 0 Å². The lowest BCUT2D eigenvalue weighted by atomic mass is 10.3. The Balaban J connectivity index is 2.93. The first-order chi connectivity index (χ1) is 6.02. The molecule has 0 aromatic carbocycles. The Labute approximate surface area is 84.8 Å². The number of hydrogen-bond acceptors (Lipinski definition) is 3. The van der Waals surface area contributed by atoms with E-state index >= 15 is 0 Å². The van der Waals surface area contributed by atoms with Crippen LogP contribution in [-0.2, 0) is 4.79 Å². The highest BCUT2D eigenvalue weighted by molar-refractivity contribution is 6.67. The predicted molar refractivity (Wildman–Crippen MR) is 50.0 cm³/mol. The van der Waals surface area contributed by atoms with Crippen LogP contribution in [0.2, 0.25) is 0 Å². The molecule has 1 aliphatic rings. The number of rotatable bonds is 1. The van der Waals surface area contributed by atoms with E-state index in [9.17, 15) is 9.59 Å². The van der Waals surface area contributed by atoms with Crippen LogP contribution >= 0.6 is 23.2 Å². The molecular weight excluding hydrogens is 215 g/mol. The summed E-state index contributed by atoms with van der Waals surface area (Å²) < 4.78 is 0. The van der Waals surface area contributed by atoms with E-state index in [1.807, 2.05) is 0 Å². The third-order valence-electron chi connectivity index (χ3n) is 1.53. The summed E-state index contributed by atoms with van der Waals surface area (Å²) in [6, 6.07) is -0.259. The molecule has 0 aromatic rings. The van der Waals surface area contributed by atoms with Crippen molar-refractivity contribution in [3.05, 3.63) is 11.9 Å². The van der Waals surface area contributed by atoms with Gasteiger partial charge in [-0.05, 0) is 30.1 Å². The Hall–Kier alpha value is -0.870. The van der Waals surface area contributed by atoms with Gasteiger partial charge < -0.3 is 0 Å². The van der Waals surface area contributed by atoms with Crippen LogP contribution < -0.4 is 0 Å².